The summed E-state index contributed by atoms with van der Waals surface area (Å²) < 4.78 is 14.5. The van der Waals surface area contributed by atoms with Crippen LogP contribution in [-0.4, -0.2) is 32.3 Å². The maximum absolute atomic E-state index is 12.8. The van der Waals surface area contributed by atoms with Crippen LogP contribution < -0.4 is 5.32 Å². The van der Waals surface area contributed by atoms with E-state index in [9.17, 15) is 9.18 Å². The van der Waals surface area contributed by atoms with Gasteiger partial charge in [0, 0.05) is 12.5 Å². The van der Waals surface area contributed by atoms with Gasteiger partial charge in [-0.05, 0) is 37.0 Å². The summed E-state index contributed by atoms with van der Waals surface area (Å²) >= 11 is 1.24. The molecular weight excluding hydrogens is 317 g/mol. The number of benzene rings is 1. The first-order valence-corrected chi connectivity index (χ1v) is 8.27. The van der Waals surface area contributed by atoms with Crippen LogP contribution in [0.1, 0.15) is 39.9 Å². The topological polar surface area (TPSA) is 72.2 Å². The predicted octanol–water partition coefficient (Wildman–Crippen LogP) is 2.17. The van der Waals surface area contributed by atoms with E-state index >= 15 is 0 Å². The van der Waals surface area contributed by atoms with Gasteiger partial charge in [-0.25, -0.2) is 4.39 Å². The third kappa shape index (κ3) is 2.94. The van der Waals surface area contributed by atoms with Gasteiger partial charge >= 0.3 is 0 Å². The van der Waals surface area contributed by atoms with Gasteiger partial charge in [0.1, 0.15) is 5.82 Å². The zero-order valence-electron chi connectivity index (χ0n) is 12.2. The Kier molecular flexibility index (Phi) is 3.53. The number of nitrogens with one attached hydrogen (secondary N) is 1. The van der Waals surface area contributed by atoms with Gasteiger partial charge in [-0.1, -0.05) is 23.5 Å². The number of rotatable bonds is 5. The van der Waals surface area contributed by atoms with Crippen molar-refractivity contribution in [1.82, 2.24) is 25.1 Å². The molecule has 1 fully saturated rings. The molecule has 3 aromatic rings. The smallest absolute Gasteiger partial charge is 0.282 e. The molecule has 1 saturated carbocycles. The molecule has 1 N–H and O–H groups in total. The summed E-state index contributed by atoms with van der Waals surface area (Å²) in [6, 6.07) is 6.26. The van der Waals surface area contributed by atoms with E-state index in [2.05, 4.69) is 20.6 Å². The molecule has 1 amide bonds. The highest BCUT2D eigenvalue weighted by Gasteiger charge is 2.30. The Bertz CT molecular complexity index is 853. The molecule has 0 aliphatic heterocycles. The fourth-order valence-corrected chi connectivity index (χ4v) is 3.13. The van der Waals surface area contributed by atoms with Crippen molar-refractivity contribution in [2.24, 2.45) is 0 Å². The number of halogens is 1. The molecule has 8 heteroatoms. The van der Waals surface area contributed by atoms with E-state index in [4.69, 9.17) is 0 Å². The standard InChI is InChI=1S/C15H14FN5OS/c16-11-5-1-9(2-6-11)7-8-17-13(22)14-20-21-12(10-3-4-10)18-19-15(21)23-14/h1-2,5-6,10H,3-4,7-8H2,(H,17,22). The second-order valence-electron chi connectivity index (χ2n) is 5.57. The third-order valence-electron chi connectivity index (χ3n) is 3.76. The molecule has 0 saturated heterocycles. The van der Waals surface area contributed by atoms with E-state index in [0.717, 1.165) is 24.2 Å². The lowest BCUT2D eigenvalue weighted by Crippen LogP contribution is -2.25. The SMILES string of the molecule is O=C(NCCc1ccc(F)cc1)c1nn2c(C3CC3)nnc2s1. The fourth-order valence-electron chi connectivity index (χ4n) is 2.37. The number of carbonyl (C=O) groups is 1. The minimum Gasteiger partial charge on any atom is -0.350 e. The van der Waals surface area contributed by atoms with Crippen molar-refractivity contribution >= 4 is 22.2 Å². The molecule has 1 aliphatic rings. The van der Waals surface area contributed by atoms with Crippen LogP contribution in [0.25, 0.3) is 4.96 Å². The average Bonchev–Trinajstić information content (AvgIpc) is 3.17. The normalized spacial score (nSPS) is 14.3. The molecule has 0 bridgehead atoms. The van der Waals surface area contributed by atoms with Crippen LogP contribution in [0, 0.1) is 5.82 Å². The molecule has 2 heterocycles. The van der Waals surface area contributed by atoms with Gasteiger partial charge in [-0.3, -0.25) is 4.79 Å². The Morgan fingerprint density at radius 3 is 2.83 bits per heavy atom. The Balaban J connectivity index is 1.39. The lowest BCUT2D eigenvalue weighted by molar-refractivity contribution is 0.0952. The second-order valence-corrected chi connectivity index (χ2v) is 6.52. The quantitative estimate of drug-likeness (QED) is 0.778. The predicted molar refractivity (Wildman–Crippen MR) is 83.1 cm³/mol. The highest BCUT2D eigenvalue weighted by molar-refractivity contribution is 7.18. The van der Waals surface area contributed by atoms with Gasteiger partial charge in [0.25, 0.3) is 5.91 Å². The highest BCUT2D eigenvalue weighted by Crippen LogP contribution is 2.39. The lowest BCUT2D eigenvalue weighted by atomic mass is 10.1. The van der Waals surface area contributed by atoms with Crippen LogP contribution in [0.2, 0.25) is 0 Å². The molecule has 1 aromatic carbocycles. The number of carbonyl (C=O) groups excluding carboxylic acids is 1. The number of nitrogens with zero attached hydrogens (tertiary/aromatic N) is 4. The molecule has 0 radical (unpaired) electrons. The molecule has 118 valence electrons. The van der Waals surface area contributed by atoms with Crippen LogP contribution >= 0.6 is 11.3 Å². The summed E-state index contributed by atoms with van der Waals surface area (Å²) in [7, 11) is 0. The zero-order valence-corrected chi connectivity index (χ0v) is 13.0. The van der Waals surface area contributed by atoms with E-state index in [0.29, 0.717) is 28.9 Å². The van der Waals surface area contributed by atoms with Crippen LogP contribution in [0.15, 0.2) is 24.3 Å². The summed E-state index contributed by atoms with van der Waals surface area (Å²) in [5, 5.41) is 15.7. The summed E-state index contributed by atoms with van der Waals surface area (Å²) in [5.41, 5.74) is 0.973. The minimum absolute atomic E-state index is 0.218. The maximum atomic E-state index is 12.8. The lowest BCUT2D eigenvalue weighted by Gasteiger charge is -2.03. The summed E-state index contributed by atoms with van der Waals surface area (Å²) in [6.45, 7) is 0.472. The van der Waals surface area contributed by atoms with Crippen molar-refractivity contribution in [1.29, 1.82) is 0 Å². The highest BCUT2D eigenvalue weighted by atomic mass is 32.1. The molecule has 6 nitrogen and oxygen atoms in total. The summed E-state index contributed by atoms with van der Waals surface area (Å²) in [4.78, 5) is 12.8. The molecule has 0 unspecified atom stereocenters. The number of fused-ring (bicyclic) bond motifs is 1. The molecule has 23 heavy (non-hydrogen) atoms. The van der Waals surface area contributed by atoms with Crippen molar-refractivity contribution in [3.05, 3.63) is 46.5 Å². The number of hydrogen-bond acceptors (Lipinski definition) is 5. The molecule has 0 spiro atoms. The van der Waals surface area contributed by atoms with Crippen molar-refractivity contribution in [2.75, 3.05) is 6.54 Å². The van der Waals surface area contributed by atoms with E-state index in [1.54, 1.807) is 16.6 Å². The second kappa shape index (κ2) is 5.69. The van der Waals surface area contributed by atoms with E-state index in [-0.39, 0.29) is 11.7 Å². The van der Waals surface area contributed by atoms with Crippen LogP contribution in [0.5, 0.6) is 0 Å². The van der Waals surface area contributed by atoms with E-state index in [1.807, 2.05) is 0 Å². The van der Waals surface area contributed by atoms with Gasteiger partial charge in [0.05, 0.1) is 0 Å². The van der Waals surface area contributed by atoms with Crippen molar-refractivity contribution in [3.63, 3.8) is 0 Å². The van der Waals surface area contributed by atoms with Crippen LogP contribution in [-0.2, 0) is 6.42 Å². The zero-order chi connectivity index (χ0) is 15.8. The summed E-state index contributed by atoms with van der Waals surface area (Å²) in [6.07, 6.45) is 2.86. The van der Waals surface area contributed by atoms with Gasteiger partial charge in [0.15, 0.2) is 5.82 Å². The molecule has 0 atom stereocenters. The van der Waals surface area contributed by atoms with Crippen molar-refractivity contribution in [2.45, 2.75) is 25.2 Å². The third-order valence-corrected chi connectivity index (χ3v) is 4.66. The minimum atomic E-state index is -0.260. The van der Waals surface area contributed by atoms with Crippen molar-refractivity contribution < 1.29 is 9.18 Å². The first-order chi connectivity index (χ1) is 11.2. The van der Waals surface area contributed by atoms with Gasteiger partial charge in [-0.2, -0.15) is 4.52 Å². The monoisotopic (exact) mass is 331 g/mol. The van der Waals surface area contributed by atoms with Gasteiger partial charge in [-0.15, -0.1) is 15.3 Å². The molecule has 2 aromatic heterocycles. The Hall–Kier alpha value is -2.35. The Labute approximate surface area is 135 Å². The molecular formula is C15H14FN5OS. The first kappa shape index (κ1) is 14.3. The largest absolute Gasteiger partial charge is 0.350 e. The van der Waals surface area contributed by atoms with Gasteiger partial charge < -0.3 is 5.32 Å². The summed E-state index contributed by atoms with van der Waals surface area (Å²) in [5.74, 6) is 0.802. The van der Waals surface area contributed by atoms with Crippen LogP contribution in [0.3, 0.4) is 0 Å². The van der Waals surface area contributed by atoms with E-state index in [1.165, 1.54) is 23.5 Å². The van der Waals surface area contributed by atoms with Crippen molar-refractivity contribution in [3.8, 4) is 0 Å². The first-order valence-electron chi connectivity index (χ1n) is 7.45. The number of amides is 1. The number of aromatic nitrogens is 4. The van der Waals surface area contributed by atoms with E-state index < -0.39 is 0 Å². The van der Waals surface area contributed by atoms with Gasteiger partial charge in [0.2, 0.25) is 9.97 Å². The Morgan fingerprint density at radius 2 is 2.09 bits per heavy atom. The fraction of sp³-hybridized carbons (Fsp3) is 0.333. The molecule has 1 aliphatic carbocycles. The van der Waals surface area contributed by atoms with Crippen LogP contribution in [0.4, 0.5) is 4.39 Å². The maximum Gasteiger partial charge on any atom is 0.282 e. The molecule has 4 rings (SSSR count). The number of hydrogen-bond donors (Lipinski definition) is 1. The average molecular weight is 331 g/mol. The Morgan fingerprint density at radius 1 is 1.30 bits per heavy atom.